The van der Waals surface area contributed by atoms with Crippen molar-refractivity contribution in [2.24, 2.45) is 0 Å². The van der Waals surface area contributed by atoms with Gasteiger partial charge in [0.05, 0.1) is 0 Å². The Morgan fingerprint density at radius 1 is 0.606 bits per heavy atom. The van der Waals surface area contributed by atoms with E-state index < -0.39 is 0 Å². The van der Waals surface area contributed by atoms with Crippen LogP contribution in [0.25, 0.3) is 21.5 Å². The Bertz CT molecular complexity index is 1170. The van der Waals surface area contributed by atoms with Crippen LogP contribution >= 0.6 is 0 Å². The third-order valence-corrected chi connectivity index (χ3v) is 7.82. The molecule has 4 aromatic carbocycles. The fraction of sp³-hybridized carbons (Fsp3) is 0.400. The number of benzene rings is 2. The molecule has 0 amide bonds. The summed E-state index contributed by atoms with van der Waals surface area (Å²) in [6, 6.07) is 14.7. The van der Waals surface area contributed by atoms with E-state index in [9.17, 15) is 0 Å². The van der Waals surface area contributed by atoms with Crippen molar-refractivity contribution < 1.29 is 51.0 Å². The van der Waals surface area contributed by atoms with E-state index in [2.05, 4.69) is 50.2 Å². The van der Waals surface area contributed by atoms with Crippen molar-refractivity contribution in [3.05, 3.63) is 80.9 Å². The Hall–Kier alpha value is -0.877. The second kappa shape index (κ2) is 10.8. The summed E-state index contributed by atoms with van der Waals surface area (Å²) in [7, 11) is 0. The number of hydrogen-bond acceptors (Lipinski definition) is 0. The molecule has 0 aliphatic heterocycles. The van der Waals surface area contributed by atoms with Gasteiger partial charge in [0.2, 0.25) is 0 Å². The monoisotopic (exact) mass is 552 g/mol. The molecule has 2 aliphatic rings. The smallest absolute Gasteiger partial charge is 1.00 e. The minimum Gasteiger partial charge on any atom is -1.00 e. The molecule has 0 bridgehead atoms. The van der Waals surface area contributed by atoms with Crippen molar-refractivity contribution in [1.82, 2.24) is 0 Å². The summed E-state index contributed by atoms with van der Waals surface area (Å²) >= 11 is 0. The van der Waals surface area contributed by atoms with Crippen LogP contribution in [0.5, 0.6) is 0 Å². The van der Waals surface area contributed by atoms with Crippen LogP contribution < -0.4 is 24.8 Å². The molecule has 2 aliphatic carbocycles. The molecular formula is C30H32Cl2Zr. The van der Waals surface area contributed by atoms with Crippen LogP contribution in [-0.2, 0) is 64.7 Å². The van der Waals surface area contributed by atoms with Crippen LogP contribution in [0.4, 0.5) is 0 Å². The fourth-order valence-electron chi connectivity index (χ4n) is 6.50. The molecule has 4 aromatic rings. The average Bonchev–Trinajstić information content (AvgIpc) is 3.30. The Morgan fingerprint density at radius 3 is 1.42 bits per heavy atom. The van der Waals surface area contributed by atoms with Crippen molar-refractivity contribution in [1.29, 1.82) is 0 Å². The van der Waals surface area contributed by atoms with E-state index >= 15 is 0 Å². The molecule has 170 valence electrons. The van der Waals surface area contributed by atoms with Crippen molar-refractivity contribution in [2.75, 3.05) is 0 Å². The van der Waals surface area contributed by atoms with Gasteiger partial charge in [-0.3, -0.25) is 0 Å². The first-order valence-corrected chi connectivity index (χ1v) is 12.1. The zero-order valence-electron chi connectivity index (χ0n) is 19.8. The van der Waals surface area contributed by atoms with Gasteiger partial charge in [-0.1, -0.05) is 47.2 Å². The summed E-state index contributed by atoms with van der Waals surface area (Å²) in [6.45, 7) is 4.51. The minimum absolute atomic E-state index is 0. The molecule has 0 saturated carbocycles. The van der Waals surface area contributed by atoms with Crippen molar-refractivity contribution in [3.63, 3.8) is 0 Å². The average molecular weight is 555 g/mol. The zero-order valence-corrected chi connectivity index (χ0v) is 23.8. The van der Waals surface area contributed by atoms with Gasteiger partial charge in [-0.05, 0) is 64.2 Å². The van der Waals surface area contributed by atoms with Gasteiger partial charge >= 0.3 is 26.2 Å². The normalized spacial score (nSPS) is 14.7. The van der Waals surface area contributed by atoms with E-state index in [0.29, 0.717) is 0 Å². The number of aryl methyl sites for hydroxylation is 6. The summed E-state index contributed by atoms with van der Waals surface area (Å²) in [4.78, 5) is 0. The summed E-state index contributed by atoms with van der Waals surface area (Å²) in [5, 5.41) is 6.03. The first kappa shape index (κ1) is 26.7. The van der Waals surface area contributed by atoms with Crippen molar-refractivity contribution in [2.45, 2.75) is 78.1 Å². The minimum atomic E-state index is 0. The van der Waals surface area contributed by atoms with Gasteiger partial charge < -0.3 is 24.8 Å². The van der Waals surface area contributed by atoms with Crippen molar-refractivity contribution >= 4 is 21.5 Å². The third-order valence-electron chi connectivity index (χ3n) is 7.82. The topological polar surface area (TPSA) is 0 Å². The van der Waals surface area contributed by atoms with Gasteiger partial charge in [0, 0.05) is 0 Å². The van der Waals surface area contributed by atoms with Crippen molar-refractivity contribution in [3.8, 4) is 0 Å². The standard InChI is InChI=1S/C30H32.2ClH.Zr/c1-19-13-23-17-21-7-3-5-9-25(21)27(29(23)15-19)11-12-28-26-10-6-4-8-22(26)18-24-14-20(2)16-30(24)28;;;/h13-18H,3-12H2,1-2H3;2*1H;/q-2;;;+4/p-2. The van der Waals surface area contributed by atoms with Gasteiger partial charge in [-0.2, -0.15) is 12.1 Å². The number of fused-ring (bicyclic) bond motifs is 4. The largest absolute Gasteiger partial charge is 4.00 e. The molecule has 0 spiro atoms. The number of halogens is 2. The molecule has 3 heteroatoms. The summed E-state index contributed by atoms with van der Waals surface area (Å²) < 4.78 is 0. The molecule has 0 fully saturated rings. The molecule has 0 N–H and O–H groups in total. The Labute approximate surface area is 230 Å². The fourth-order valence-corrected chi connectivity index (χ4v) is 6.50. The molecule has 0 atom stereocenters. The first-order chi connectivity index (χ1) is 14.7. The van der Waals surface area contributed by atoms with Gasteiger partial charge in [-0.15, -0.1) is 56.9 Å². The van der Waals surface area contributed by atoms with Gasteiger partial charge in [0.25, 0.3) is 0 Å². The molecule has 0 nitrogen and oxygen atoms in total. The Morgan fingerprint density at radius 2 is 1.00 bits per heavy atom. The molecule has 33 heavy (non-hydrogen) atoms. The molecule has 0 heterocycles. The van der Waals surface area contributed by atoms with E-state index in [4.69, 9.17) is 0 Å². The van der Waals surface area contributed by atoms with E-state index in [0.717, 1.165) is 0 Å². The van der Waals surface area contributed by atoms with E-state index in [1.165, 1.54) is 96.9 Å². The summed E-state index contributed by atoms with van der Waals surface area (Å²) in [6.07, 6.45) is 12.9. The maximum Gasteiger partial charge on any atom is 4.00 e. The molecule has 0 radical (unpaired) electrons. The zero-order chi connectivity index (χ0) is 20.2. The second-order valence-corrected chi connectivity index (χ2v) is 9.97. The van der Waals surface area contributed by atoms with Gasteiger partial charge in [-0.25, -0.2) is 0 Å². The number of hydrogen-bond donors (Lipinski definition) is 0. The van der Waals surface area contributed by atoms with Crippen LogP contribution in [0.1, 0.15) is 70.2 Å². The van der Waals surface area contributed by atoms with Gasteiger partial charge in [0.1, 0.15) is 0 Å². The van der Waals surface area contributed by atoms with Gasteiger partial charge in [0.15, 0.2) is 0 Å². The summed E-state index contributed by atoms with van der Waals surface area (Å²) in [5.41, 5.74) is 12.8. The molecular weight excluding hydrogens is 522 g/mol. The van der Waals surface area contributed by atoms with E-state index in [1.807, 2.05) is 0 Å². The van der Waals surface area contributed by atoms with Crippen LogP contribution in [0, 0.1) is 13.8 Å². The maximum atomic E-state index is 2.50. The molecule has 0 saturated heterocycles. The molecule has 0 unspecified atom stereocenters. The predicted molar refractivity (Wildman–Crippen MR) is 129 cm³/mol. The number of rotatable bonds is 3. The van der Waals surface area contributed by atoms with Crippen LogP contribution in [0.3, 0.4) is 0 Å². The van der Waals surface area contributed by atoms with Crippen LogP contribution in [-0.4, -0.2) is 0 Å². The third kappa shape index (κ3) is 4.80. The Kier molecular flexibility index (Phi) is 8.75. The Balaban J connectivity index is 0.00000102. The van der Waals surface area contributed by atoms with E-state index in [-0.39, 0.29) is 51.0 Å². The van der Waals surface area contributed by atoms with Crippen LogP contribution in [0.2, 0.25) is 0 Å². The van der Waals surface area contributed by atoms with Crippen LogP contribution in [0.15, 0.2) is 36.4 Å². The predicted octanol–water partition coefficient (Wildman–Crippen LogP) is 1.60. The first-order valence-electron chi connectivity index (χ1n) is 12.1. The SMILES string of the molecule is Cc1cc2c(CCc3c4c(cc5[cH-]c(C)cc35)CCCC4)c3c(cc2[cH-]1)CCCC3.[Cl-].[Cl-].[Zr+4]. The maximum absolute atomic E-state index is 2.50. The quantitative estimate of drug-likeness (QED) is 0.338. The van der Waals surface area contributed by atoms with E-state index in [1.54, 1.807) is 33.4 Å². The summed E-state index contributed by atoms with van der Waals surface area (Å²) in [5.74, 6) is 0. The molecule has 0 aromatic heterocycles. The molecule has 6 rings (SSSR count). The second-order valence-electron chi connectivity index (χ2n) is 9.97.